The van der Waals surface area contributed by atoms with Crippen LogP contribution in [0.15, 0.2) is 16.6 Å². The van der Waals surface area contributed by atoms with Crippen molar-refractivity contribution in [3.05, 3.63) is 27.2 Å². The lowest BCUT2D eigenvalue weighted by atomic mass is 10.2. The second-order valence-electron chi connectivity index (χ2n) is 2.13. The van der Waals surface area contributed by atoms with E-state index in [-0.39, 0.29) is 0 Å². The van der Waals surface area contributed by atoms with E-state index in [1.165, 1.54) is 0 Å². The quantitative estimate of drug-likeness (QED) is 0.733. The van der Waals surface area contributed by atoms with Crippen molar-refractivity contribution in [2.24, 2.45) is 5.73 Å². The van der Waals surface area contributed by atoms with Crippen LogP contribution in [0.3, 0.4) is 0 Å². The van der Waals surface area contributed by atoms with Gasteiger partial charge in [0.1, 0.15) is 0 Å². The molecule has 0 aliphatic rings. The maximum atomic E-state index is 5.89. The molecule has 0 aliphatic carbocycles. The van der Waals surface area contributed by atoms with Crippen molar-refractivity contribution >= 4 is 33.2 Å². The van der Waals surface area contributed by atoms with Crippen LogP contribution >= 0.6 is 27.5 Å². The Bertz CT molecular complexity index is 275. The van der Waals surface area contributed by atoms with E-state index in [0.717, 1.165) is 10.0 Å². The van der Waals surface area contributed by atoms with Gasteiger partial charge in [-0.1, -0.05) is 11.6 Å². The van der Waals surface area contributed by atoms with E-state index in [9.17, 15) is 0 Å². The topological polar surface area (TPSA) is 52.0 Å². The van der Waals surface area contributed by atoms with E-state index in [1.807, 2.05) is 0 Å². The summed E-state index contributed by atoms with van der Waals surface area (Å²) >= 11 is 9.17. The van der Waals surface area contributed by atoms with Crippen LogP contribution in [0.25, 0.3) is 0 Å². The standard InChI is InChI=1S/C7H8BrClN2/c8-5-1-2-6(11)4(3-10)7(5)9/h1-2H,3,10-11H2. The minimum Gasteiger partial charge on any atom is -0.398 e. The first-order chi connectivity index (χ1) is 5.16. The number of anilines is 1. The Morgan fingerprint density at radius 1 is 1.45 bits per heavy atom. The summed E-state index contributed by atoms with van der Waals surface area (Å²) in [5, 5.41) is 0.604. The van der Waals surface area contributed by atoms with Crippen LogP contribution in [0.5, 0.6) is 0 Å². The van der Waals surface area contributed by atoms with Crippen molar-refractivity contribution < 1.29 is 0 Å². The maximum absolute atomic E-state index is 5.89. The molecule has 1 aromatic rings. The van der Waals surface area contributed by atoms with Crippen molar-refractivity contribution in [2.75, 3.05) is 5.73 Å². The molecule has 0 amide bonds. The molecule has 4 N–H and O–H groups in total. The molecule has 0 atom stereocenters. The molecule has 0 aromatic heterocycles. The summed E-state index contributed by atoms with van der Waals surface area (Å²) in [6.45, 7) is 0.365. The molecule has 4 heteroatoms. The molecule has 0 saturated carbocycles. The van der Waals surface area contributed by atoms with Gasteiger partial charge in [0.05, 0.1) is 5.02 Å². The molecule has 60 valence electrons. The third-order valence-electron chi connectivity index (χ3n) is 1.44. The Kier molecular flexibility index (Phi) is 2.76. The van der Waals surface area contributed by atoms with E-state index >= 15 is 0 Å². The maximum Gasteiger partial charge on any atom is 0.0613 e. The largest absolute Gasteiger partial charge is 0.398 e. The van der Waals surface area contributed by atoms with Crippen LogP contribution in [0.1, 0.15) is 5.56 Å². The van der Waals surface area contributed by atoms with Gasteiger partial charge in [-0.25, -0.2) is 0 Å². The second-order valence-corrected chi connectivity index (χ2v) is 3.37. The molecule has 0 radical (unpaired) electrons. The van der Waals surface area contributed by atoms with E-state index in [1.54, 1.807) is 12.1 Å². The summed E-state index contributed by atoms with van der Waals surface area (Å²) in [6, 6.07) is 3.58. The normalized spacial score (nSPS) is 10.1. The number of rotatable bonds is 1. The summed E-state index contributed by atoms with van der Waals surface area (Å²) in [4.78, 5) is 0. The van der Waals surface area contributed by atoms with Gasteiger partial charge in [-0.3, -0.25) is 0 Å². The first-order valence-electron chi connectivity index (χ1n) is 3.09. The van der Waals surface area contributed by atoms with Gasteiger partial charge in [0.2, 0.25) is 0 Å². The van der Waals surface area contributed by atoms with Crippen LogP contribution in [0, 0.1) is 0 Å². The van der Waals surface area contributed by atoms with Crippen LogP contribution in [0.4, 0.5) is 5.69 Å². The molecule has 0 aliphatic heterocycles. The molecule has 0 spiro atoms. The van der Waals surface area contributed by atoms with E-state index in [0.29, 0.717) is 17.3 Å². The zero-order valence-electron chi connectivity index (χ0n) is 5.77. The van der Waals surface area contributed by atoms with Gasteiger partial charge in [0, 0.05) is 22.3 Å². The Labute approximate surface area is 78.6 Å². The summed E-state index contributed by atoms with van der Waals surface area (Å²) < 4.78 is 0.828. The third kappa shape index (κ3) is 1.67. The molecular weight excluding hydrogens is 227 g/mol. The van der Waals surface area contributed by atoms with Crippen molar-refractivity contribution in [2.45, 2.75) is 6.54 Å². The second kappa shape index (κ2) is 3.43. The SMILES string of the molecule is NCc1c(N)ccc(Br)c1Cl. The predicted octanol–water partition coefficient (Wildman–Crippen LogP) is 2.14. The summed E-state index contributed by atoms with van der Waals surface area (Å²) in [7, 11) is 0. The van der Waals surface area contributed by atoms with Gasteiger partial charge in [-0.05, 0) is 28.1 Å². The van der Waals surface area contributed by atoms with Gasteiger partial charge in [0.25, 0.3) is 0 Å². The van der Waals surface area contributed by atoms with Crippen molar-refractivity contribution in [1.29, 1.82) is 0 Å². The van der Waals surface area contributed by atoms with Gasteiger partial charge in [0.15, 0.2) is 0 Å². The minimum atomic E-state index is 0.365. The summed E-state index contributed by atoms with van der Waals surface area (Å²) in [5.74, 6) is 0. The van der Waals surface area contributed by atoms with Gasteiger partial charge < -0.3 is 11.5 Å². The molecule has 1 aromatic carbocycles. The fourth-order valence-corrected chi connectivity index (χ4v) is 1.44. The van der Waals surface area contributed by atoms with Gasteiger partial charge in [-0.2, -0.15) is 0 Å². The highest BCUT2D eigenvalue weighted by atomic mass is 79.9. The molecule has 2 nitrogen and oxygen atoms in total. The third-order valence-corrected chi connectivity index (χ3v) is 2.76. The highest BCUT2D eigenvalue weighted by Gasteiger charge is 2.05. The zero-order chi connectivity index (χ0) is 8.43. The lowest BCUT2D eigenvalue weighted by molar-refractivity contribution is 1.07. The smallest absolute Gasteiger partial charge is 0.0613 e. The first kappa shape index (κ1) is 8.84. The molecule has 1 rings (SSSR count). The molecule has 0 saturated heterocycles. The van der Waals surface area contributed by atoms with Crippen LogP contribution in [-0.2, 0) is 6.54 Å². The molecule has 0 bridgehead atoms. The predicted molar refractivity (Wildman–Crippen MR) is 51.5 cm³/mol. The molecule has 0 fully saturated rings. The van der Waals surface area contributed by atoms with E-state index < -0.39 is 0 Å². The summed E-state index contributed by atoms with van der Waals surface area (Å²) in [6.07, 6.45) is 0. The highest BCUT2D eigenvalue weighted by Crippen LogP contribution is 2.29. The number of nitrogen functional groups attached to an aromatic ring is 1. The molecular formula is C7H8BrClN2. The Morgan fingerprint density at radius 2 is 2.09 bits per heavy atom. The van der Waals surface area contributed by atoms with Crippen LogP contribution in [0.2, 0.25) is 5.02 Å². The first-order valence-corrected chi connectivity index (χ1v) is 4.26. The van der Waals surface area contributed by atoms with Crippen LogP contribution in [-0.4, -0.2) is 0 Å². The van der Waals surface area contributed by atoms with Gasteiger partial charge >= 0.3 is 0 Å². The zero-order valence-corrected chi connectivity index (χ0v) is 8.11. The number of nitrogens with two attached hydrogens (primary N) is 2. The van der Waals surface area contributed by atoms with Crippen molar-refractivity contribution in [3.8, 4) is 0 Å². The molecule has 11 heavy (non-hydrogen) atoms. The fraction of sp³-hybridized carbons (Fsp3) is 0.143. The Balaban J connectivity index is 3.29. The van der Waals surface area contributed by atoms with Crippen molar-refractivity contribution in [1.82, 2.24) is 0 Å². The lowest BCUT2D eigenvalue weighted by Gasteiger charge is -2.05. The van der Waals surface area contributed by atoms with E-state index in [2.05, 4.69) is 15.9 Å². The number of hydrogen-bond donors (Lipinski definition) is 2. The highest BCUT2D eigenvalue weighted by molar-refractivity contribution is 9.10. The van der Waals surface area contributed by atoms with Gasteiger partial charge in [-0.15, -0.1) is 0 Å². The Morgan fingerprint density at radius 3 is 2.55 bits per heavy atom. The average Bonchev–Trinajstić information content (AvgIpc) is 1.99. The monoisotopic (exact) mass is 234 g/mol. The fourth-order valence-electron chi connectivity index (χ4n) is 0.815. The van der Waals surface area contributed by atoms with E-state index in [4.69, 9.17) is 23.1 Å². The minimum absolute atomic E-state index is 0.365. The summed E-state index contributed by atoms with van der Waals surface area (Å²) in [5.41, 5.74) is 12.5. The lowest BCUT2D eigenvalue weighted by Crippen LogP contribution is -2.02. The van der Waals surface area contributed by atoms with Crippen LogP contribution < -0.4 is 11.5 Å². The number of hydrogen-bond acceptors (Lipinski definition) is 2. The Hall–Kier alpha value is -0.250. The number of halogens is 2. The average molecular weight is 236 g/mol. The molecule has 0 unspecified atom stereocenters. The molecule has 0 heterocycles. The number of benzene rings is 1. The van der Waals surface area contributed by atoms with Crippen molar-refractivity contribution in [3.63, 3.8) is 0 Å².